The van der Waals surface area contributed by atoms with Gasteiger partial charge >= 0.3 is 0 Å². The smallest absolute Gasteiger partial charge is 0.151 e. The second kappa shape index (κ2) is 5.20. The Hall–Kier alpha value is -2.23. The van der Waals surface area contributed by atoms with Crippen molar-refractivity contribution >= 4 is 17.2 Å². The SMILES string of the molecule is CN(C)c1cccc(-c2cnc3c(c2)N(CC2CC2)CN3)c1. The van der Waals surface area contributed by atoms with Gasteiger partial charge in [-0.2, -0.15) is 0 Å². The number of hydrogen-bond donors (Lipinski definition) is 1. The molecule has 1 aromatic heterocycles. The minimum Gasteiger partial charge on any atom is -0.378 e. The van der Waals surface area contributed by atoms with Gasteiger partial charge in [-0.25, -0.2) is 4.98 Å². The molecule has 1 aromatic carbocycles. The Morgan fingerprint density at radius 2 is 2.09 bits per heavy atom. The van der Waals surface area contributed by atoms with Crippen LogP contribution >= 0.6 is 0 Å². The van der Waals surface area contributed by atoms with Gasteiger partial charge in [0.1, 0.15) is 0 Å². The van der Waals surface area contributed by atoms with Gasteiger partial charge in [-0.3, -0.25) is 0 Å². The fourth-order valence-electron chi connectivity index (χ4n) is 2.98. The number of anilines is 3. The van der Waals surface area contributed by atoms with E-state index >= 15 is 0 Å². The molecule has 2 heterocycles. The van der Waals surface area contributed by atoms with Crippen LogP contribution in [0.4, 0.5) is 17.2 Å². The van der Waals surface area contributed by atoms with Crippen molar-refractivity contribution in [1.82, 2.24) is 4.98 Å². The van der Waals surface area contributed by atoms with Gasteiger partial charge in [0.25, 0.3) is 0 Å². The number of pyridine rings is 1. The highest BCUT2D eigenvalue weighted by molar-refractivity contribution is 5.78. The Morgan fingerprint density at radius 1 is 1.23 bits per heavy atom. The van der Waals surface area contributed by atoms with E-state index in [1.165, 1.54) is 35.3 Å². The van der Waals surface area contributed by atoms with Gasteiger partial charge in [0.05, 0.1) is 12.4 Å². The highest BCUT2D eigenvalue weighted by atomic mass is 15.3. The van der Waals surface area contributed by atoms with Gasteiger partial charge < -0.3 is 15.1 Å². The first-order chi connectivity index (χ1) is 10.7. The van der Waals surface area contributed by atoms with Gasteiger partial charge in [-0.15, -0.1) is 0 Å². The van der Waals surface area contributed by atoms with Gasteiger partial charge in [-0.05, 0) is 42.5 Å². The zero-order valence-electron chi connectivity index (χ0n) is 13.2. The molecule has 0 unspecified atom stereocenters. The van der Waals surface area contributed by atoms with E-state index in [1.807, 2.05) is 6.20 Å². The highest BCUT2D eigenvalue weighted by Gasteiger charge is 2.28. The van der Waals surface area contributed by atoms with Crippen LogP contribution in [0.5, 0.6) is 0 Å². The van der Waals surface area contributed by atoms with Crippen LogP contribution < -0.4 is 15.1 Å². The largest absolute Gasteiger partial charge is 0.378 e. The maximum atomic E-state index is 4.62. The monoisotopic (exact) mass is 294 g/mol. The van der Waals surface area contributed by atoms with Crippen LogP contribution in [0, 0.1) is 5.92 Å². The number of nitrogens with one attached hydrogen (secondary N) is 1. The first-order valence-electron chi connectivity index (χ1n) is 7.97. The summed E-state index contributed by atoms with van der Waals surface area (Å²) in [4.78, 5) is 9.18. The Bertz CT molecular complexity index is 691. The lowest BCUT2D eigenvalue weighted by atomic mass is 10.1. The third kappa shape index (κ3) is 2.49. The summed E-state index contributed by atoms with van der Waals surface area (Å²) in [5.74, 6) is 1.90. The molecule has 0 saturated heterocycles. The van der Waals surface area contributed by atoms with Crippen molar-refractivity contribution in [2.45, 2.75) is 12.8 Å². The predicted molar refractivity (Wildman–Crippen MR) is 92.6 cm³/mol. The fourth-order valence-corrected chi connectivity index (χ4v) is 2.98. The molecule has 0 bridgehead atoms. The molecule has 1 aliphatic carbocycles. The number of hydrogen-bond acceptors (Lipinski definition) is 4. The van der Waals surface area contributed by atoms with E-state index in [0.29, 0.717) is 0 Å². The lowest BCUT2D eigenvalue weighted by Crippen LogP contribution is -2.25. The molecule has 4 heteroatoms. The summed E-state index contributed by atoms with van der Waals surface area (Å²) < 4.78 is 0. The van der Waals surface area contributed by atoms with E-state index in [0.717, 1.165) is 24.9 Å². The zero-order chi connectivity index (χ0) is 15.1. The van der Waals surface area contributed by atoms with Crippen molar-refractivity contribution in [3.05, 3.63) is 36.5 Å². The molecule has 1 aliphatic heterocycles. The third-order valence-corrected chi connectivity index (χ3v) is 4.52. The Kier molecular flexibility index (Phi) is 3.17. The van der Waals surface area contributed by atoms with E-state index < -0.39 is 0 Å². The van der Waals surface area contributed by atoms with Crippen molar-refractivity contribution in [2.24, 2.45) is 5.92 Å². The predicted octanol–water partition coefficient (Wildman–Crippen LogP) is 3.41. The van der Waals surface area contributed by atoms with E-state index in [2.05, 4.69) is 64.5 Å². The molecule has 2 aliphatic rings. The molecule has 0 spiro atoms. The summed E-state index contributed by atoms with van der Waals surface area (Å²) in [6.45, 7) is 2.04. The molecule has 114 valence electrons. The number of rotatable bonds is 4. The van der Waals surface area contributed by atoms with Crippen LogP contribution in [-0.4, -0.2) is 32.3 Å². The lowest BCUT2D eigenvalue weighted by molar-refractivity contribution is 0.763. The average molecular weight is 294 g/mol. The molecule has 0 radical (unpaired) electrons. The summed E-state index contributed by atoms with van der Waals surface area (Å²) in [5.41, 5.74) is 4.87. The molecular weight excluding hydrogens is 272 g/mol. The third-order valence-electron chi connectivity index (χ3n) is 4.52. The van der Waals surface area contributed by atoms with Crippen LogP contribution in [0.2, 0.25) is 0 Å². The first kappa shape index (κ1) is 13.4. The quantitative estimate of drug-likeness (QED) is 0.936. The van der Waals surface area contributed by atoms with Gasteiger partial charge in [0.2, 0.25) is 0 Å². The Morgan fingerprint density at radius 3 is 2.86 bits per heavy atom. The number of aromatic nitrogens is 1. The highest BCUT2D eigenvalue weighted by Crippen LogP contribution is 2.37. The van der Waals surface area contributed by atoms with E-state index in [9.17, 15) is 0 Å². The van der Waals surface area contributed by atoms with Crippen molar-refractivity contribution < 1.29 is 0 Å². The Balaban J connectivity index is 1.67. The molecule has 1 saturated carbocycles. The molecule has 0 atom stereocenters. The van der Waals surface area contributed by atoms with Crippen LogP contribution in [0.1, 0.15) is 12.8 Å². The maximum Gasteiger partial charge on any atom is 0.151 e. The Labute approximate surface area is 131 Å². The second-order valence-electron chi connectivity index (χ2n) is 6.54. The summed E-state index contributed by atoms with van der Waals surface area (Å²) in [6.07, 6.45) is 4.73. The molecule has 4 rings (SSSR count). The maximum absolute atomic E-state index is 4.62. The zero-order valence-corrected chi connectivity index (χ0v) is 13.2. The molecule has 1 N–H and O–H groups in total. The molecular formula is C18H22N4. The van der Waals surface area contributed by atoms with E-state index in [-0.39, 0.29) is 0 Å². The van der Waals surface area contributed by atoms with Crippen LogP contribution in [0.25, 0.3) is 11.1 Å². The summed E-state index contributed by atoms with van der Waals surface area (Å²) in [5, 5.41) is 3.40. The molecule has 22 heavy (non-hydrogen) atoms. The topological polar surface area (TPSA) is 31.4 Å². The number of fused-ring (bicyclic) bond motifs is 1. The second-order valence-corrected chi connectivity index (χ2v) is 6.54. The van der Waals surface area contributed by atoms with E-state index in [4.69, 9.17) is 0 Å². The minimum absolute atomic E-state index is 0.883. The van der Waals surface area contributed by atoms with Gasteiger partial charge in [0, 0.05) is 38.1 Å². The van der Waals surface area contributed by atoms with E-state index in [1.54, 1.807) is 0 Å². The van der Waals surface area contributed by atoms with Crippen molar-refractivity contribution in [3.8, 4) is 11.1 Å². The normalized spacial score (nSPS) is 16.4. The standard InChI is InChI=1S/C18H22N4/c1-21(2)16-5-3-4-14(8-16)15-9-17-18(19-10-15)20-12-22(17)11-13-6-7-13/h3-5,8-10,13H,6-7,11-12H2,1-2H3,(H,19,20). The summed E-state index contributed by atoms with van der Waals surface area (Å²) >= 11 is 0. The average Bonchev–Trinajstić information content (AvgIpc) is 3.27. The van der Waals surface area contributed by atoms with Crippen LogP contribution in [-0.2, 0) is 0 Å². The number of nitrogens with zero attached hydrogens (tertiary/aromatic N) is 3. The molecule has 2 aromatic rings. The van der Waals surface area contributed by atoms with Crippen molar-refractivity contribution in [1.29, 1.82) is 0 Å². The van der Waals surface area contributed by atoms with Crippen LogP contribution in [0.3, 0.4) is 0 Å². The summed E-state index contributed by atoms with van der Waals surface area (Å²) in [7, 11) is 4.14. The number of benzene rings is 1. The van der Waals surface area contributed by atoms with Gasteiger partial charge in [0.15, 0.2) is 5.82 Å². The molecule has 4 nitrogen and oxygen atoms in total. The first-order valence-corrected chi connectivity index (χ1v) is 7.97. The van der Waals surface area contributed by atoms with Gasteiger partial charge in [-0.1, -0.05) is 12.1 Å². The fraction of sp³-hybridized carbons (Fsp3) is 0.389. The van der Waals surface area contributed by atoms with Crippen molar-refractivity contribution in [3.63, 3.8) is 0 Å². The summed E-state index contributed by atoms with van der Waals surface area (Å²) in [6, 6.07) is 10.9. The lowest BCUT2D eigenvalue weighted by Gasteiger charge is -2.18. The van der Waals surface area contributed by atoms with Crippen LogP contribution in [0.15, 0.2) is 36.5 Å². The molecule has 1 fully saturated rings. The molecule has 0 amide bonds. The minimum atomic E-state index is 0.883. The van der Waals surface area contributed by atoms with Crippen molar-refractivity contribution in [2.75, 3.05) is 42.4 Å².